The Kier molecular flexibility index (Phi) is 6.89. The molecule has 0 aliphatic heterocycles. The average molecular weight is 382 g/mol. The zero-order valence-corrected chi connectivity index (χ0v) is 14.2. The highest BCUT2D eigenvalue weighted by Crippen LogP contribution is 2.05. The third kappa shape index (κ3) is 6.47. The van der Waals surface area contributed by atoms with Gasteiger partial charge < -0.3 is 0 Å². The molecule has 24 heavy (non-hydrogen) atoms. The molecule has 0 bridgehead atoms. The van der Waals surface area contributed by atoms with Gasteiger partial charge in [-0.25, -0.2) is 24.3 Å². The van der Waals surface area contributed by atoms with Gasteiger partial charge in [0.05, 0.1) is 0 Å². The second-order valence-electron chi connectivity index (χ2n) is 4.12. The number of rotatable bonds is 0. The molecule has 0 radical (unpaired) electrons. The van der Waals surface area contributed by atoms with E-state index in [1.54, 1.807) is 24.3 Å². The maximum Gasteiger partial charge on any atom is 0.223 e. The maximum absolute atomic E-state index is 12.6. The second kappa shape index (κ2) is 9.14. The number of halogens is 4. The summed E-state index contributed by atoms with van der Waals surface area (Å²) in [5.74, 6) is 5.38. The normalized spacial score (nSPS) is 9.33. The summed E-state index contributed by atoms with van der Waals surface area (Å²) in [7, 11) is 0. The smallest absolute Gasteiger partial charge is 0.223 e. The molecule has 3 aromatic rings. The van der Waals surface area contributed by atoms with Crippen molar-refractivity contribution in [3.05, 3.63) is 81.6 Å². The molecule has 2 aromatic heterocycles. The first kappa shape index (κ1) is 18.1. The van der Waals surface area contributed by atoms with Gasteiger partial charge >= 0.3 is 0 Å². The number of nitrogens with zero attached hydrogens (tertiary/aromatic N) is 4. The first-order valence-corrected chi connectivity index (χ1v) is 7.56. The van der Waals surface area contributed by atoms with Crippen LogP contribution in [0.5, 0.6) is 0 Å². The van der Waals surface area contributed by atoms with Crippen LogP contribution in [0.4, 0.5) is 4.39 Å². The second-order valence-corrected chi connectivity index (χ2v) is 5.18. The van der Waals surface area contributed by atoms with Gasteiger partial charge in [-0.05, 0) is 65.5 Å². The minimum Gasteiger partial charge on any atom is -0.226 e. The van der Waals surface area contributed by atoms with Gasteiger partial charge in [0, 0.05) is 18.0 Å². The van der Waals surface area contributed by atoms with E-state index in [-0.39, 0.29) is 16.4 Å². The summed E-state index contributed by atoms with van der Waals surface area (Å²) in [6.07, 6.45) is 3.03. The van der Waals surface area contributed by atoms with Crippen LogP contribution in [0.1, 0.15) is 11.3 Å². The minimum absolute atomic E-state index is 0.158. The fourth-order valence-corrected chi connectivity index (χ4v) is 1.86. The van der Waals surface area contributed by atoms with Crippen LogP contribution in [-0.4, -0.2) is 19.9 Å². The van der Waals surface area contributed by atoms with Gasteiger partial charge in [-0.15, -0.1) is 0 Å². The van der Waals surface area contributed by atoms with E-state index in [1.807, 2.05) is 0 Å². The van der Waals surface area contributed by atoms with Crippen LogP contribution in [0.2, 0.25) is 15.7 Å². The summed E-state index contributed by atoms with van der Waals surface area (Å²) in [6.45, 7) is 0. The molecule has 1 aromatic carbocycles. The van der Waals surface area contributed by atoms with Gasteiger partial charge in [0.25, 0.3) is 0 Å². The Morgan fingerprint density at radius 3 is 1.92 bits per heavy atom. The first-order valence-electron chi connectivity index (χ1n) is 6.43. The lowest BCUT2D eigenvalue weighted by Gasteiger charge is -1.90. The van der Waals surface area contributed by atoms with E-state index in [9.17, 15) is 4.39 Å². The van der Waals surface area contributed by atoms with Crippen molar-refractivity contribution in [2.24, 2.45) is 0 Å². The number of hydrogen-bond acceptors (Lipinski definition) is 4. The standard InChI is InChI=1S/C12H6ClFN2.C4H2Cl2N2/c13-12-15-8-7-11(16-12)6-3-9-1-4-10(14)5-2-9;5-3-1-2-7-4(6)8-3/h1-2,4-5,7-8H;1-2H. The Morgan fingerprint density at radius 2 is 1.38 bits per heavy atom. The molecule has 0 saturated carbocycles. The molecule has 0 fully saturated rings. The fraction of sp³-hybridized carbons (Fsp3) is 0. The molecule has 0 unspecified atom stereocenters. The third-order valence-electron chi connectivity index (χ3n) is 2.40. The van der Waals surface area contributed by atoms with E-state index in [2.05, 4.69) is 31.8 Å². The number of hydrogen-bond donors (Lipinski definition) is 0. The minimum atomic E-state index is -0.282. The number of benzene rings is 1. The molecule has 4 nitrogen and oxygen atoms in total. The highest BCUT2D eigenvalue weighted by atomic mass is 35.5. The molecular formula is C16H8Cl3FN4. The molecule has 8 heteroatoms. The Labute approximate surface area is 152 Å². The van der Waals surface area contributed by atoms with Crippen LogP contribution in [0, 0.1) is 17.7 Å². The van der Waals surface area contributed by atoms with Gasteiger partial charge in [-0.2, -0.15) is 0 Å². The lowest BCUT2D eigenvalue weighted by molar-refractivity contribution is 0.627. The van der Waals surface area contributed by atoms with E-state index >= 15 is 0 Å². The lowest BCUT2D eigenvalue weighted by Crippen LogP contribution is -1.85. The van der Waals surface area contributed by atoms with Gasteiger partial charge in [-0.1, -0.05) is 17.5 Å². The Morgan fingerprint density at radius 1 is 0.750 bits per heavy atom. The Balaban J connectivity index is 0.000000219. The summed E-state index contributed by atoms with van der Waals surface area (Å²) in [5, 5.41) is 0.702. The van der Waals surface area contributed by atoms with E-state index in [0.29, 0.717) is 10.8 Å². The zero-order chi connectivity index (χ0) is 17.4. The molecule has 120 valence electrons. The third-order valence-corrected chi connectivity index (χ3v) is 2.97. The molecule has 3 rings (SSSR count). The monoisotopic (exact) mass is 380 g/mol. The molecule has 0 saturated heterocycles. The number of aromatic nitrogens is 4. The first-order chi connectivity index (χ1) is 11.5. The molecular weight excluding hydrogens is 374 g/mol. The van der Waals surface area contributed by atoms with Crippen molar-refractivity contribution in [3.8, 4) is 11.8 Å². The van der Waals surface area contributed by atoms with E-state index in [4.69, 9.17) is 34.8 Å². The average Bonchev–Trinajstić information content (AvgIpc) is 2.55. The highest BCUT2D eigenvalue weighted by molar-refractivity contribution is 6.31. The molecule has 0 N–H and O–H groups in total. The summed E-state index contributed by atoms with van der Waals surface area (Å²) >= 11 is 16.4. The van der Waals surface area contributed by atoms with Crippen LogP contribution in [0.3, 0.4) is 0 Å². The molecule has 0 spiro atoms. The highest BCUT2D eigenvalue weighted by Gasteiger charge is 1.92. The maximum atomic E-state index is 12.6. The van der Waals surface area contributed by atoms with Crippen molar-refractivity contribution >= 4 is 34.8 Å². The van der Waals surface area contributed by atoms with E-state index in [1.165, 1.54) is 24.5 Å². The SMILES string of the molecule is Clc1ccnc(Cl)n1.Fc1ccc(C#Cc2ccnc(Cl)n2)cc1. The molecule has 0 aliphatic rings. The zero-order valence-electron chi connectivity index (χ0n) is 11.9. The summed E-state index contributed by atoms with van der Waals surface area (Å²) in [6, 6.07) is 9.14. The summed E-state index contributed by atoms with van der Waals surface area (Å²) < 4.78 is 12.6. The van der Waals surface area contributed by atoms with Gasteiger partial charge in [-0.3, -0.25) is 0 Å². The Hall–Kier alpha value is -2.26. The van der Waals surface area contributed by atoms with Crippen molar-refractivity contribution in [3.63, 3.8) is 0 Å². The predicted octanol–water partition coefficient (Wildman–Crippen LogP) is 4.45. The van der Waals surface area contributed by atoms with E-state index in [0.717, 1.165) is 5.56 Å². The van der Waals surface area contributed by atoms with Crippen molar-refractivity contribution in [1.29, 1.82) is 0 Å². The van der Waals surface area contributed by atoms with Crippen LogP contribution < -0.4 is 0 Å². The van der Waals surface area contributed by atoms with Crippen molar-refractivity contribution < 1.29 is 4.39 Å². The van der Waals surface area contributed by atoms with Crippen LogP contribution >= 0.6 is 34.8 Å². The fourth-order valence-electron chi connectivity index (χ4n) is 1.39. The van der Waals surface area contributed by atoms with Gasteiger partial charge in [0.1, 0.15) is 16.7 Å². The van der Waals surface area contributed by atoms with Crippen molar-refractivity contribution in [1.82, 2.24) is 19.9 Å². The molecule has 0 atom stereocenters. The van der Waals surface area contributed by atoms with E-state index < -0.39 is 0 Å². The topological polar surface area (TPSA) is 51.6 Å². The predicted molar refractivity (Wildman–Crippen MR) is 91.5 cm³/mol. The Bertz CT molecular complexity index is 859. The molecule has 2 heterocycles. The van der Waals surface area contributed by atoms with Crippen LogP contribution in [0.15, 0.2) is 48.8 Å². The lowest BCUT2D eigenvalue weighted by atomic mass is 10.2. The van der Waals surface area contributed by atoms with Crippen molar-refractivity contribution in [2.45, 2.75) is 0 Å². The van der Waals surface area contributed by atoms with Crippen LogP contribution in [0.25, 0.3) is 0 Å². The summed E-state index contributed by atoms with van der Waals surface area (Å²) in [5.41, 5.74) is 1.25. The quantitative estimate of drug-likeness (QED) is 0.328. The van der Waals surface area contributed by atoms with Crippen LogP contribution in [-0.2, 0) is 0 Å². The summed E-state index contributed by atoms with van der Waals surface area (Å²) in [4.78, 5) is 14.9. The van der Waals surface area contributed by atoms with Gasteiger partial charge in [0.15, 0.2) is 0 Å². The molecule has 0 amide bonds. The largest absolute Gasteiger partial charge is 0.226 e. The van der Waals surface area contributed by atoms with Gasteiger partial charge in [0.2, 0.25) is 10.6 Å². The van der Waals surface area contributed by atoms with Crippen molar-refractivity contribution in [2.75, 3.05) is 0 Å². The molecule has 0 aliphatic carbocycles.